The van der Waals surface area contributed by atoms with Gasteiger partial charge >= 0.3 is 0 Å². The average Bonchev–Trinajstić information content (AvgIpc) is 2.99. The lowest BCUT2D eigenvalue weighted by Gasteiger charge is -2.09. The van der Waals surface area contributed by atoms with Gasteiger partial charge in [0.05, 0.1) is 6.20 Å². The van der Waals surface area contributed by atoms with Gasteiger partial charge in [0.2, 0.25) is 5.91 Å². The molecule has 0 aliphatic carbocycles. The van der Waals surface area contributed by atoms with E-state index in [1.807, 2.05) is 38.1 Å². The Balaban J connectivity index is 1.95. The van der Waals surface area contributed by atoms with Gasteiger partial charge in [-0.3, -0.25) is 9.59 Å². The second-order valence-corrected chi connectivity index (χ2v) is 4.88. The number of aromatic nitrogens is 3. The van der Waals surface area contributed by atoms with E-state index >= 15 is 0 Å². The third-order valence-corrected chi connectivity index (χ3v) is 2.82. The number of aromatic amines is 1. The van der Waals surface area contributed by atoms with Crippen LogP contribution in [0.2, 0.25) is 0 Å². The molecular formula is C14H17N5O2. The molecule has 0 unspecified atom stereocenters. The summed E-state index contributed by atoms with van der Waals surface area (Å²) in [5.74, 6) is -0.431. The molecule has 2 rings (SSSR count). The van der Waals surface area contributed by atoms with Crippen LogP contribution in [0, 0.1) is 5.92 Å². The van der Waals surface area contributed by atoms with E-state index < -0.39 is 0 Å². The Hall–Kier alpha value is -2.70. The van der Waals surface area contributed by atoms with Crippen molar-refractivity contribution in [1.29, 1.82) is 0 Å². The maximum atomic E-state index is 11.7. The molecule has 2 aromatic rings. The van der Waals surface area contributed by atoms with Crippen molar-refractivity contribution in [3.05, 3.63) is 41.7 Å². The van der Waals surface area contributed by atoms with Crippen LogP contribution in [0.5, 0.6) is 0 Å². The number of nitrogens with one attached hydrogen (secondary N) is 3. The molecule has 0 fully saturated rings. The van der Waals surface area contributed by atoms with Gasteiger partial charge in [-0.1, -0.05) is 26.0 Å². The Labute approximate surface area is 122 Å². The first-order chi connectivity index (χ1) is 10.1. The number of amides is 2. The smallest absolute Gasteiger partial charge is 0.273 e. The summed E-state index contributed by atoms with van der Waals surface area (Å²) in [4.78, 5) is 23.4. The number of H-pyrrole nitrogens is 1. The van der Waals surface area contributed by atoms with Crippen LogP contribution in [0.15, 0.2) is 30.5 Å². The minimum absolute atomic E-state index is 0.0428. The first-order valence-corrected chi connectivity index (χ1v) is 6.60. The number of anilines is 1. The fraction of sp³-hybridized carbons (Fsp3) is 0.286. The van der Waals surface area contributed by atoms with Gasteiger partial charge < -0.3 is 10.6 Å². The van der Waals surface area contributed by atoms with Crippen molar-refractivity contribution < 1.29 is 9.59 Å². The Morgan fingerprint density at radius 1 is 1.33 bits per heavy atom. The van der Waals surface area contributed by atoms with Crippen LogP contribution in [0.25, 0.3) is 0 Å². The van der Waals surface area contributed by atoms with Crippen LogP contribution in [-0.2, 0) is 11.3 Å². The highest BCUT2D eigenvalue weighted by molar-refractivity contribution is 5.92. The number of benzene rings is 1. The van der Waals surface area contributed by atoms with E-state index in [1.165, 1.54) is 6.20 Å². The third kappa shape index (κ3) is 4.13. The Morgan fingerprint density at radius 3 is 2.81 bits per heavy atom. The molecule has 3 N–H and O–H groups in total. The number of carbonyl (C=O) groups excluding carboxylic acids is 2. The SMILES string of the molecule is CC(C)C(=O)Nc1cccc(CNC(=O)c2cn[nH]n2)c1. The predicted molar refractivity (Wildman–Crippen MR) is 77.5 cm³/mol. The van der Waals surface area contributed by atoms with Crippen molar-refractivity contribution >= 4 is 17.5 Å². The summed E-state index contributed by atoms with van der Waals surface area (Å²) in [5.41, 5.74) is 1.83. The predicted octanol–water partition coefficient (Wildman–Crippen LogP) is 1.33. The number of carbonyl (C=O) groups is 2. The Kier molecular flexibility index (Phi) is 4.65. The van der Waals surface area contributed by atoms with Crippen LogP contribution < -0.4 is 10.6 Å². The molecule has 0 bridgehead atoms. The standard InChI is InChI=1S/C14H17N5O2/c1-9(2)13(20)17-11-5-3-4-10(6-11)7-15-14(21)12-8-16-19-18-12/h3-6,8-9H,7H2,1-2H3,(H,15,21)(H,17,20)(H,16,18,19). The van der Waals surface area contributed by atoms with Gasteiger partial charge in [0.25, 0.3) is 5.91 Å². The van der Waals surface area contributed by atoms with Gasteiger partial charge in [0, 0.05) is 18.2 Å². The first-order valence-electron chi connectivity index (χ1n) is 6.60. The molecule has 0 aliphatic rings. The lowest BCUT2D eigenvalue weighted by molar-refractivity contribution is -0.118. The maximum absolute atomic E-state index is 11.7. The lowest BCUT2D eigenvalue weighted by Crippen LogP contribution is -2.23. The highest BCUT2D eigenvalue weighted by Crippen LogP contribution is 2.12. The van der Waals surface area contributed by atoms with E-state index in [1.54, 1.807) is 0 Å². The van der Waals surface area contributed by atoms with E-state index in [0.717, 1.165) is 5.56 Å². The van der Waals surface area contributed by atoms with E-state index in [9.17, 15) is 9.59 Å². The molecule has 1 heterocycles. The molecule has 7 nitrogen and oxygen atoms in total. The fourth-order valence-corrected chi connectivity index (χ4v) is 1.63. The van der Waals surface area contributed by atoms with Crippen molar-refractivity contribution in [3.8, 4) is 0 Å². The molecule has 110 valence electrons. The Morgan fingerprint density at radius 2 is 2.14 bits per heavy atom. The highest BCUT2D eigenvalue weighted by atomic mass is 16.2. The van der Waals surface area contributed by atoms with Crippen LogP contribution in [0.4, 0.5) is 5.69 Å². The summed E-state index contributed by atoms with van der Waals surface area (Å²) in [5, 5.41) is 15.2. The van der Waals surface area contributed by atoms with Gasteiger partial charge in [-0.05, 0) is 17.7 Å². The molecule has 1 aromatic heterocycles. The molecule has 0 spiro atoms. The molecule has 1 aromatic carbocycles. The zero-order chi connectivity index (χ0) is 15.2. The van der Waals surface area contributed by atoms with E-state index in [0.29, 0.717) is 12.2 Å². The highest BCUT2D eigenvalue weighted by Gasteiger charge is 2.09. The summed E-state index contributed by atoms with van der Waals surface area (Å²) < 4.78 is 0. The normalized spacial score (nSPS) is 10.4. The van der Waals surface area contributed by atoms with Crippen molar-refractivity contribution in [2.24, 2.45) is 5.92 Å². The molecule has 0 atom stereocenters. The van der Waals surface area contributed by atoms with Gasteiger partial charge in [0.15, 0.2) is 5.69 Å². The van der Waals surface area contributed by atoms with Crippen LogP contribution in [0.3, 0.4) is 0 Å². The van der Waals surface area contributed by atoms with Gasteiger partial charge in [-0.15, -0.1) is 0 Å². The number of nitrogens with zero attached hydrogens (tertiary/aromatic N) is 2. The molecular weight excluding hydrogens is 270 g/mol. The van der Waals surface area contributed by atoms with Gasteiger partial charge in [-0.2, -0.15) is 15.4 Å². The lowest BCUT2D eigenvalue weighted by atomic mass is 10.1. The molecule has 0 radical (unpaired) electrons. The quantitative estimate of drug-likeness (QED) is 0.772. The summed E-state index contributed by atoms with van der Waals surface area (Å²) in [7, 11) is 0. The number of hydrogen-bond acceptors (Lipinski definition) is 4. The van der Waals surface area contributed by atoms with E-state index in [2.05, 4.69) is 26.0 Å². The summed E-state index contributed by atoms with van der Waals surface area (Å²) >= 11 is 0. The molecule has 0 aliphatic heterocycles. The zero-order valence-corrected chi connectivity index (χ0v) is 11.9. The molecule has 0 saturated carbocycles. The van der Waals surface area contributed by atoms with Crippen LogP contribution in [0.1, 0.15) is 29.9 Å². The molecule has 0 saturated heterocycles. The zero-order valence-electron chi connectivity index (χ0n) is 11.9. The topological polar surface area (TPSA) is 99.8 Å². The average molecular weight is 287 g/mol. The van der Waals surface area contributed by atoms with E-state index in [4.69, 9.17) is 0 Å². The van der Waals surface area contributed by atoms with Gasteiger partial charge in [0.1, 0.15) is 0 Å². The van der Waals surface area contributed by atoms with Gasteiger partial charge in [-0.25, -0.2) is 0 Å². The third-order valence-electron chi connectivity index (χ3n) is 2.82. The van der Waals surface area contributed by atoms with Crippen molar-refractivity contribution in [2.75, 3.05) is 5.32 Å². The summed E-state index contributed by atoms with van der Waals surface area (Å²) in [6.45, 7) is 4.01. The molecule has 21 heavy (non-hydrogen) atoms. The minimum Gasteiger partial charge on any atom is -0.347 e. The summed E-state index contributed by atoms with van der Waals surface area (Å²) in [6, 6.07) is 7.33. The number of hydrogen-bond donors (Lipinski definition) is 3. The second-order valence-electron chi connectivity index (χ2n) is 4.88. The van der Waals surface area contributed by atoms with Crippen molar-refractivity contribution in [1.82, 2.24) is 20.7 Å². The monoisotopic (exact) mass is 287 g/mol. The minimum atomic E-state index is -0.305. The van der Waals surface area contributed by atoms with Crippen LogP contribution >= 0.6 is 0 Å². The van der Waals surface area contributed by atoms with Crippen molar-refractivity contribution in [3.63, 3.8) is 0 Å². The van der Waals surface area contributed by atoms with Crippen LogP contribution in [-0.4, -0.2) is 27.2 Å². The van der Waals surface area contributed by atoms with Crippen molar-refractivity contribution in [2.45, 2.75) is 20.4 Å². The fourth-order valence-electron chi connectivity index (χ4n) is 1.63. The Bertz CT molecular complexity index is 622. The summed E-state index contributed by atoms with van der Waals surface area (Å²) in [6.07, 6.45) is 1.36. The number of rotatable bonds is 5. The molecule has 7 heteroatoms. The molecule has 2 amide bonds. The first kappa shape index (κ1) is 14.7. The maximum Gasteiger partial charge on any atom is 0.273 e. The largest absolute Gasteiger partial charge is 0.347 e. The van der Waals surface area contributed by atoms with E-state index in [-0.39, 0.29) is 23.4 Å². The second kappa shape index (κ2) is 6.65.